The molecule has 1 aliphatic carbocycles. The number of nitrogens with one attached hydrogen (secondary N) is 2. The standard InChI is InChI=1S/C11H16N2OS.ClH/c1-8(13-9-4-5-9)11(14)12-7-10-3-2-6-15-10;/h2-3,6,8-9,13H,4-5,7H2,1H3,(H,12,14);1H. The molecule has 1 aromatic heterocycles. The Labute approximate surface area is 106 Å². The largest absolute Gasteiger partial charge is 0.350 e. The summed E-state index contributed by atoms with van der Waals surface area (Å²) in [6, 6.07) is 4.53. The topological polar surface area (TPSA) is 41.1 Å². The molecule has 1 saturated carbocycles. The maximum atomic E-state index is 11.6. The van der Waals surface area contributed by atoms with Gasteiger partial charge in [0.2, 0.25) is 5.91 Å². The summed E-state index contributed by atoms with van der Waals surface area (Å²) >= 11 is 1.67. The molecule has 2 rings (SSSR count). The van der Waals surface area contributed by atoms with Gasteiger partial charge in [0.1, 0.15) is 0 Å². The highest BCUT2D eigenvalue weighted by molar-refractivity contribution is 7.09. The van der Waals surface area contributed by atoms with E-state index in [0.29, 0.717) is 12.6 Å². The third-order valence-electron chi connectivity index (χ3n) is 2.47. The van der Waals surface area contributed by atoms with E-state index in [4.69, 9.17) is 0 Å². The van der Waals surface area contributed by atoms with Crippen LogP contribution >= 0.6 is 23.7 Å². The van der Waals surface area contributed by atoms with Gasteiger partial charge >= 0.3 is 0 Å². The average Bonchev–Trinajstić information content (AvgIpc) is 2.88. The summed E-state index contributed by atoms with van der Waals surface area (Å²) in [7, 11) is 0. The van der Waals surface area contributed by atoms with Gasteiger partial charge in [-0.15, -0.1) is 23.7 Å². The van der Waals surface area contributed by atoms with Crippen molar-refractivity contribution in [3.05, 3.63) is 22.4 Å². The Hall–Kier alpha value is -0.580. The molecule has 0 saturated heterocycles. The summed E-state index contributed by atoms with van der Waals surface area (Å²) in [5.74, 6) is 0.0929. The van der Waals surface area contributed by atoms with Crippen molar-refractivity contribution in [1.82, 2.24) is 10.6 Å². The van der Waals surface area contributed by atoms with Gasteiger partial charge in [0.05, 0.1) is 12.6 Å². The van der Waals surface area contributed by atoms with Crippen molar-refractivity contribution in [2.45, 2.75) is 38.4 Å². The molecule has 5 heteroatoms. The lowest BCUT2D eigenvalue weighted by Gasteiger charge is -2.12. The number of carbonyl (C=O) groups excluding carboxylic acids is 1. The number of carbonyl (C=O) groups is 1. The van der Waals surface area contributed by atoms with Crippen LogP contribution in [0.5, 0.6) is 0 Å². The summed E-state index contributed by atoms with van der Waals surface area (Å²) in [5.41, 5.74) is 0. The lowest BCUT2D eigenvalue weighted by Crippen LogP contribution is -2.42. The van der Waals surface area contributed by atoms with Crippen LogP contribution in [0, 0.1) is 0 Å². The summed E-state index contributed by atoms with van der Waals surface area (Å²) in [5, 5.41) is 8.22. The predicted molar refractivity (Wildman–Crippen MR) is 69.0 cm³/mol. The Morgan fingerprint density at radius 2 is 2.38 bits per heavy atom. The lowest BCUT2D eigenvalue weighted by atomic mass is 10.3. The van der Waals surface area contributed by atoms with Crippen molar-refractivity contribution in [2.24, 2.45) is 0 Å². The first-order valence-electron chi connectivity index (χ1n) is 5.32. The van der Waals surface area contributed by atoms with Gasteiger partial charge in [0.25, 0.3) is 0 Å². The van der Waals surface area contributed by atoms with E-state index in [-0.39, 0.29) is 24.4 Å². The van der Waals surface area contributed by atoms with E-state index in [1.165, 1.54) is 17.7 Å². The maximum Gasteiger partial charge on any atom is 0.237 e. The molecule has 1 unspecified atom stereocenters. The second-order valence-electron chi connectivity index (χ2n) is 3.96. The molecule has 1 atom stereocenters. The Balaban J connectivity index is 0.00000128. The van der Waals surface area contributed by atoms with Gasteiger partial charge in [-0.1, -0.05) is 6.07 Å². The minimum absolute atomic E-state index is 0. The third kappa shape index (κ3) is 4.12. The molecule has 1 heterocycles. The summed E-state index contributed by atoms with van der Waals surface area (Å²) in [4.78, 5) is 12.8. The van der Waals surface area contributed by atoms with Crippen LogP contribution in [0.25, 0.3) is 0 Å². The Morgan fingerprint density at radius 1 is 1.62 bits per heavy atom. The van der Waals surface area contributed by atoms with Crippen molar-refractivity contribution >= 4 is 29.7 Å². The first-order valence-corrected chi connectivity index (χ1v) is 6.20. The first kappa shape index (κ1) is 13.5. The van der Waals surface area contributed by atoms with Gasteiger partial charge in [-0.3, -0.25) is 4.79 Å². The molecule has 0 bridgehead atoms. The van der Waals surface area contributed by atoms with Crippen LogP contribution in [-0.2, 0) is 11.3 Å². The van der Waals surface area contributed by atoms with Crippen LogP contribution in [0.3, 0.4) is 0 Å². The van der Waals surface area contributed by atoms with Gasteiger partial charge in [-0.05, 0) is 31.2 Å². The highest BCUT2D eigenvalue weighted by Crippen LogP contribution is 2.19. The van der Waals surface area contributed by atoms with Crippen LogP contribution in [0.4, 0.5) is 0 Å². The van der Waals surface area contributed by atoms with Crippen LogP contribution in [0.1, 0.15) is 24.6 Å². The minimum Gasteiger partial charge on any atom is -0.350 e. The van der Waals surface area contributed by atoms with Crippen LogP contribution in [0.2, 0.25) is 0 Å². The molecule has 1 aromatic rings. The predicted octanol–water partition coefficient (Wildman–Crippen LogP) is 1.93. The number of hydrogen-bond acceptors (Lipinski definition) is 3. The zero-order valence-corrected chi connectivity index (χ0v) is 10.9. The Morgan fingerprint density at radius 3 is 2.94 bits per heavy atom. The summed E-state index contributed by atoms with van der Waals surface area (Å²) in [6.45, 7) is 2.56. The molecule has 0 radical (unpaired) electrons. The third-order valence-corrected chi connectivity index (χ3v) is 3.35. The van der Waals surface area contributed by atoms with Gasteiger partial charge in [-0.25, -0.2) is 0 Å². The van der Waals surface area contributed by atoms with E-state index >= 15 is 0 Å². The monoisotopic (exact) mass is 260 g/mol. The Kier molecular flexibility index (Phi) is 5.25. The SMILES string of the molecule is CC(NC1CC1)C(=O)NCc1cccs1.Cl. The number of rotatable bonds is 5. The molecule has 1 amide bonds. The molecule has 16 heavy (non-hydrogen) atoms. The fourth-order valence-electron chi connectivity index (χ4n) is 1.42. The molecule has 1 aliphatic rings. The minimum atomic E-state index is -0.0718. The van der Waals surface area contributed by atoms with E-state index in [1.54, 1.807) is 11.3 Å². The zero-order valence-electron chi connectivity index (χ0n) is 9.23. The van der Waals surface area contributed by atoms with Crippen LogP contribution < -0.4 is 10.6 Å². The highest BCUT2D eigenvalue weighted by atomic mass is 35.5. The average molecular weight is 261 g/mol. The molecule has 3 nitrogen and oxygen atoms in total. The van der Waals surface area contributed by atoms with E-state index in [0.717, 1.165) is 0 Å². The molecule has 2 N–H and O–H groups in total. The van der Waals surface area contributed by atoms with Gasteiger partial charge in [0, 0.05) is 10.9 Å². The fraction of sp³-hybridized carbons (Fsp3) is 0.545. The molecule has 1 fully saturated rings. The lowest BCUT2D eigenvalue weighted by molar-refractivity contribution is -0.122. The molecular weight excluding hydrogens is 244 g/mol. The zero-order chi connectivity index (χ0) is 10.7. The number of hydrogen-bond donors (Lipinski definition) is 2. The normalized spacial score (nSPS) is 16.3. The Bertz CT molecular complexity index is 325. The summed E-state index contributed by atoms with van der Waals surface area (Å²) in [6.07, 6.45) is 2.42. The first-order chi connectivity index (χ1) is 7.25. The van der Waals surface area contributed by atoms with Gasteiger partial charge in [-0.2, -0.15) is 0 Å². The smallest absolute Gasteiger partial charge is 0.237 e. The van der Waals surface area contributed by atoms with Crippen LogP contribution in [0.15, 0.2) is 17.5 Å². The van der Waals surface area contributed by atoms with Crippen LogP contribution in [-0.4, -0.2) is 18.0 Å². The molecule has 0 spiro atoms. The molecule has 0 aliphatic heterocycles. The second kappa shape index (κ2) is 6.23. The van der Waals surface area contributed by atoms with Crippen molar-refractivity contribution in [3.8, 4) is 0 Å². The molecule has 0 aromatic carbocycles. The molecular formula is C11H17ClN2OS. The van der Waals surface area contributed by atoms with Crippen molar-refractivity contribution < 1.29 is 4.79 Å². The number of halogens is 1. The van der Waals surface area contributed by atoms with Gasteiger partial charge < -0.3 is 10.6 Å². The maximum absolute atomic E-state index is 11.6. The van der Waals surface area contributed by atoms with Crippen molar-refractivity contribution in [1.29, 1.82) is 0 Å². The summed E-state index contributed by atoms with van der Waals surface area (Å²) < 4.78 is 0. The molecule has 90 valence electrons. The van der Waals surface area contributed by atoms with Gasteiger partial charge in [0.15, 0.2) is 0 Å². The fourth-order valence-corrected chi connectivity index (χ4v) is 2.06. The second-order valence-corrected chi connectivity index (χ2v) is 4.99. The number of thiophene rings is 1. The highest BCUT2D eigenvalue weighted by Gasteiger charge is 2.25. The van der Waals surface area contributed by atoms with E-state index in [2.05, 4.69) is 10.6 Å². The number of amides is 1. The quantitative estimate of drug-likeness (QED) is 0.849. The van der Waals surface area contributed by atoms with Crippen molar-refractivity contribution in [2.75, 3.05) is 0 Å². The van der Waals surface area contributed by atoms with E-state index in [9.17, 15) is 4.79 Å². The van der Waals surface area contributed by atoms with E-state index in [1.807, 2.05) is 24.4 Å². The van der Waals surface area contributed by atoms with Crippen molar-refractivity contribution in [3.63, 3.8) is 0 Å². The van der Waals surface area contributed by atoms with E-state index < -0.39 is 0 Å².